The molecule has 0 aromatic heterocycles. The summed E-state index contributed by atoms with van der Waals surface area (Å²) in [5.74, 6) is 0.267. The summed E-state index contributed by atoms with van der Waals surface area (Å²) >= 11 is 0. The van der Waals surface area contributed by atoms with Gasteiger partial charge in [0.25, 0.3) is 0 Å². The third-order valence-corrected chi connectivity index (χ3v) is 4.55. The molecular weight excluding hydrogens is 286 g/mol. The molecule has 1 amide bonds. The maximum Gasteiger partial charge on any atom is 0.411 e. The number of nitrogens with one attached hydrogen (secondary N) is 1. The van der Waals surface area contributed by atoms with E-state index in [9.17, 15) is 4.79 Å². The van der Waals surface area contributed by atoms with Gasteiger partial charge in [-0.05, 0) is 23.8 Å². The Hall–Kier alpha value is -2.03. The Morgan fingerprint density at radius 3 is 2.43 bits per heavy atom. The Balaban J connectivity index is 2.17. The van der Waals surface area contributed by atoms with E-state index in [-0.39, 0.29) is 23.5 Å². The van der Waals surface area contributed by atoms with Gasteiger partial charge in [-0.25, -0.2) is 4.79 Å². The van der Waals surface area contributed by atoms with Crippen molar-refractivity contribution >= 4 is 22.6 Å². The largest absolute Gasteiger partial charge is 0.445 e. The first-order valence-corrected chi connectivity index (χ1v) is 8.30. The molecule has 0 aliphatic rings. The smallest absolute Gasteiger partial charge is 0.411 e. The SMILES string of the molecule is CCC(C)(C)[C@@H](OC(=O)Nc1cccc2ccccc12)C(C)C. The van der Waals surface area contributed by atoms with Crippen LogP contribution in [-0.4, -0.2) is 12.2 Å². The lowest BCUT2D eigenvalue weighted by molar-refractivity contribution is -0.00195. The molecule has 0 radical (unpaired) electrons. The number of amides is 1. The van der Waals surface area contributed by atoms with E-state index >= 15 is 0 Å². The van der Waals surface area contributed by atoms with Crippen LogP contribution < -0.4 is 5.32 Å². The zero-order chi connectivity index (χ0) is 17.0. The zero-order valence-corrected chi connectivity index (χ0v) is 14.7. The highest BCUT2D eigenvalue weighted by atomic mass is 16.6. The summed E-state index contributed by atoms with van der Waals surface area (Å²) in [7, 11) is 0. The predicted molar refractivity (Wildman–Crippen MR) is 96.7 cm³/mol. The zero-order valence-electron chi connectivity index (χ0n) is 14.7. The van der Waals surface area contributed by atoms with E-state index in [1.807, 2.05) is 42.5 Å². The van der Waals surface area contributed by atoms with Crippen LogP contribution in [0.2, 0.25) is 0 Å². The average Bonchev–Trinajstić information content (AvgIpc) is 2.52. The Labute approximate surface area is 139 Å². The highest BCUT2D eigenvalue weighted by molar-refractivity contribution is 6.00. The van der Waals surface area contributed by atoms with Crippen molar-refractivity contribution in [2.45, 2.75) is 47.1 Å². The summed E-state index contributed by atoms with van der Waals surface area (Å²) in [4.78, 5) is 12.4. The fraction of sp³-hybridized carbons (Fsp3) is 0.450. The van der Waals surface area contributed by atoms with Crippen LogP contribution in [0, 0.1) is 11.3 Å². The van der Waals surface area contributed by atoms with Gasteiger partial charge in [0.15, 0.2) is 0 Å². The molecular formula is C20H27NO2. The minimum absolute atomic E-state index is 0.0513. The topological polar surface area (TPSA) is 38.3 Å². The molecule has 0 aliphatic carbocycles. The highest BCUT2D eigenvalue weighted by Crippen LogP contribution is 2.32. The summed E-state index contributed by atoms with van der Waals surface area (Å²) in [6.45, 7) is 10.6. The number of hydrogen-bond acceptors (Lipinski definition) is 2. The Morgan fingerprint density at radius 1 is 1.13 bits per heavy atom. The van der Waals surface area contributed by atoms with Gasteiger partial charge in [-0.1, -0.05) is 71.0 Å². The molecule has 2 aromatic rings. The second kappa shape index (κ2) is 7.03. The molecule has 2 rings (SSSR count). The van der Waals surface area contributed by atoms with Crippen molar-refractivity contribution in [1.82, 2.24) is 0 Å². The van der Waals surface area contributed by atoms with Gasteiger partial charge in [-0.2, -0.15) is 0 Å². The van der Waals surface area contributed by atoms with Crippen molar-refractivity contribution in [1.29, 1.82) is 0 Å². The van der Waals surface area contributed by atoms with Crippen LogP contribution in [0.1, 0.15) is 41.0 Å². The van der Waals surface area contributed by atoms with Gasteiger partial charge < -0.3 is 4.74 Å². The summed E-state index contributed by atoms with van der Waals surface area (Å²) in [5.41, 5.74) is 0.731. The van der Waals surface area contributed by atoms with Crippen LogP contribution >= 0.6 is 0 Å². The number of rotatable bonds is 5. The molecule has 0 saturated heterocycles. The number of carbonyl (C=O) groups is 1. The lowest BCUT2D eigenvalue weighted by atomic mass is 9.78. The fourth-order valence-corrected chi connectivity index (χ4v) is 2.99. The van der Waals surface area contributed by atoms with Crippen molar-refractivity contribution in [3.05, 3.63) is 42.5 Å². The predicted octanol–water partition coefficient (Wildman–Crippen LogP) is 5.85. The molecule has 1 atom stereocenters. The van der Waals surface area contributed by atoms with Gasteiger partial charge in [-0.3, -0.25) is 5.32 Å². The van der Waals surface area contributed by atoms with Gasteiger partial charge >= 0.3 is 6.09 Å². The minimum Gasteiger partial charge on any atom is -0.445 e. The van der Waals surface area contributed by atoms with Crippen LogP contribution in [0.5, 0.6) is 0 Å². The van der Waals surface area contributed by atoms with Crippen LogP contribution in [0.25, 0.3) is 10.8 Å². The molecule has 0 bridgehead atoms. The van der Waals surface area contributed by atoms with E-state index in [1.54, 1.807) is 0 Å². The molecule has 3 heteroatoms. The van der Waals surface area contributed by atoms with Gasteiger partial charge in [0.1, 0.15) is 6.10 Å². The lowest BCUT2D eigenvalue weighted by Gasteiger charge is -2.35. The van der Waals surface area contributed by atoms with E-state index in [2.05, 4.69) is 39.9 Å². The van der Waals surface area contributed by atoms with Crippen LogP contribution in [0.15, 0.2) is 42.5 Å². The molecule has 0 unspecified atom stereocenters. The van der Waals surface area contributed by atoms with Crippen molar-refractivity contribution in [2.24, 2.45) is 11.3 Å². The fourth-order valence-electron chi connectivity index (χ4n) is 2.99. The van der Waals surface area contributed by atoms with E-state index in [0.717, 1.165) is 22.9 Å². The monoisotopic (exact) mass is 313 g/mol. The molecule has 0 aliphatic heterocycles. The van der Waals surface area contributed by atoms with Crippen molar-refractivity contribution in [3.8, 4) is 0 Å². The van der Waals surface area contributed by atoms with E-state index in [1.165, 1.54) is 0 Å². The Bertz CT molecular complexity index is 671. The second-order valence-corrected chi connectivity index (χ2v) is 7.06. The van der Waals surface area contributed by atoms with Gasteiger partial charge in [0, 0.05) is 10.8 Å². The Morgan fingerprint density at radius 2 is 1.78 bits per heavy atom. The summed E-state index contributed by atoms with van der Waals surface area (Å²) in [6, 6.07) is 13.9. The minimum atomic E-state index is -0.387. The summed E-state index contributed by atoms with van der Waals surface area (Å²) in [5, 5.41) is 5.02. The van der Waals surface area contributed by atoms with Crippen LogP contribution in [-0.2, 0) is 4.74 Å². The number of hydrogen-bond donors (Lipinski definition) is 1. The normalized spacial score (nSPS) is 13.1. The summed E-state index contributed by atoms with van der Waals surface area (Å²) < 4.78 is 5.77. The molecule has 0 saturated carbocycles. The number of benzene rings is 2. The third-order valence-electron chi connectivity index (χ3n) is 4.55. The average molecular weight is 313 g/mol. The first kappa shape index (κ1) is 17.3. The molecule has 3 nitrogen and oxygen atoms in total. The maximum atomic E-state index is 12.4. The first-order chi connectivity index (χ1) is 10.8. The standard InChI is InChI=1S/C20H27NO2/c1-6-20(4,5)18(14(2)3)23-19(22)21-17-13-9-11-15-10-7-8-12-16(15)17/h7-14,18H,6H2,1-5H3,(H,21,22)/t18-/m0/s1. The number of anilines is 1. The first-order valence-electron chi connectivity index (χ1n) is 8.30. The number of fused-ring (bicyclic) bond motifs is 1. The molecule has 0 spiro atoms. The molecule has 1 N–H and O–H groups in total. The van der Waals surface area contributed by atoms with Crippen molar-refractivity contribution in [3.63, 3.8) is 0 Å². The lowest BCUT2D eigenvalue weighted by Crippen LogP contribution is -2.38. The molecule has 0 heterocycles. The van der Waals surface area contributed by atoms with Gasteiger partial charge in [0.05, 0.1) is 5.69 Å². The van der Waals surface area contributed by atoms with Crippen molar-refractivity contribution < 1.29 is 9.53 Å². The highest BCUT2D eigenvalue weighted by Gasteiger charge is 2.33. The Kier molecular flexibility index (Phi) is 5.30. The van der Waals surface area contributed by atoms with Crippen LogP contribution in [0.4, 0.5) is 10.5 Å². The number of carbonyl (C=O) groups excluding carboxylic acids is 1. The van der Waals surface area contributed by atoms with Gasteiger partial charge in [0.2, 0.25) is 0 Å². The maximum absolute atomic E-state index is 12.4. The van der Waals surface area contributed by atoms with Crippen molar-refractivity contribution in [2.75, 3.05) is 5.32 Å². The number of ether oxygens (including phenoxy) is 1. The van der Waals surface area contributed by atoms with Crippen LogP contribution in [0.3, 0.4) is 0 Å². The molecule has 124 valence electrons. The molecule has 2 aromatic carbocycles. The summed E-state index contributed by atoms with van der Waals surface area (Å²) in [6.07, 6.45) is 0.446. The molecule has 0 fully saturated rings. The third kappa shape index (κ3) is 4.04. The second-order valence-electron chi connectivity index (χ2n) is 7.06. The van der Waals surface area contributed by atoms with Gasteiger partial charge in [-0.15, -0.1) is 0 Å². The quantitative estimate of drug-likeness (QED) is 0.752. The molecule has 23 heavy (non-hydrogen) atoms. The van der Waals surface area contributed by atoms with E-state index < -0.39 is 0 Å². The van der Waals surface area contributed by atoms with E-state index in [4.69, 9.17) is 4.74 Å². The van der Waals surface area contributed by atoms with E-state index in [0.29, 0.717) is 0 Å².